The third-order valence-electron chi connectivity index (χ3n) is 6.40. The summed E-state index contributed by atoms with van der Waals surface area (Å²) in [7, 11) is 0. The van der Waals surface area contributed by atoms with E-state index in [0.29, 0.717) is 0 Å². The average molecular weight is 358 g/mol. The molecule has 0 saturated heterocycles. The van der Waals surface area contributed by atoms with Gasteiger partial charge in [-0.05, 0) is 33.4 Å². The van der Waals surface area contributed by atoms with Crippen molar-refractivity contribution < 1.29 is 4.79 Å². The normalized spacial score (nSPS) is 20.8. The molecule has 0 aliphatic heterocycles. The van der Waals surface area contributed by atoms with Crippen molar-refractivity contribution in [3.8, 4) is 0 Å². The van der Waals surface area contributed by atoms with Gasteiger partial charge in [0.1, 0.15) is 5.41 Å². The van der Waals surface area contributed by atoms with Crippen LogP contribution in [0.1, 0.15) is 49.7 Å². The van der Waals surface area contributed by atoms with E-state index < -0.39 is 5.41 Å². The summed E-state index contributed by atoms with van der Waals surface area (Å²) in [6.07, 6.45) is 0. The van der Waals surface area contributed by atoms with Crippen LogP contribution >= 0.6 is 0 Å². The second kappa shape index (κ2) is 5.53. The molecular weight excluding hydrogens is 340 g/mol. The summed E-state index contributed by atoms with van der Waals surface area (Å²) in [5, 5.41) is 0. The lowest BCUT2D eigenvalue weighted by Crippen LogP contribution is -2.47. The minimum absolute atomic E-state index is 0.151. The van der Waals surface area contributed by atoms with Gasteiger partial charge in [0.25, 0.3) is 0 Å². The Bertz CT molecular complexity index is 1120. The molecule has 0 N–H and O–H groups in total. The van der Waals surface area contributed by atoms with Gasteiger partial charge >= 0.3 is 0 Å². The third-order valence-corrected chi connectivity index (χ3v) is 6.40. The van der Waals surface area contributed by atoms with Crippen molar-refractivity contribution in [2.24, 2.45) is 0 Å². The molecule has 0 saturated carbocycles. The Kier molecular flexibility index (Phi) is 3.08. The van der Waals surface area contributed by atoms with Crippen LogP contribution in [0.5, 0.6) is 0 Å². The van der Waals surface area contributed by atoms with Crippen molar-refractivity contribution in [1.82, 2.24) is 0 Å². The molecule has 2 bridgehead atoms. The monoisotopic (exact) mass is 358 g/mol. The van der Waals surface area contributed by atoms with Crippen LogP contribution in [0.3, 0.4) is 0 Å². The summed E-state index contributed by atoms with van der Waals surface area (Å²) in [4.78, 5) is 14.3. The van der Waals surface area contributed by atoms with E-state index >= 15 is 0 Å². The smallest absolute Gasteiger partial charge is 0.182 e. The first kappa shape index (κ1) is 15.6. The Labute approximate surface area is 164 Å². The quantitative estimate of drug-likeness (QED) is 0.419. The summed E-state index contributed by atoms with van der Waals surface area (Å²) in [5.74, 6) is 0.340. The molecular formula is C27H18O. The summed E-state index contributed by atoms with van der Waals surface area (Å²) in [6.45, 7) is 0. The van der Waals surface area contributed by atoms with Gasteiger partial charge < -0.3 is 0 Å². The Morgan fingerprint density at radius 2 is 0.929 bits per heavy atom. The highest BCUT2D eigenvalue weighted by atomic mass is 16.1. The first-order valence-electron chi connectivity index (χ1n) is 9.71. The Morgan fingerprint density at radius 3 is 1.39 bits per heavy atom. The molecule has 0 heterocycles. The lowest BCUT2D eigenvalue weighted by Gasteiger charge is -2.49. The number of ketones is 1. The highest BCUT2D eigenvalue weighted by Crippen LogP contribution is 2.59. The lowest BCUT2D eigenvalue weighted by atomic mass is 9.51. The fourth-order valence-electron chi connectivity index (χ4n) is 5.38. The van der Waals surface area contributed by atoms with Crippen LogP contribution in [0, 0.1) is 0 Å². The van der Waals surface area contributed by atoms with Gasteiger partial charge in [0.2, 0.25) is 0 Å². The van der Waals surface area contributed by atoms with Crippen molar-refractivity contribution in [3.05, 3.63) is 142 Å². The SMILES string of the molecule is O=C(c1ccccc1)C12c3ccccc3C(c3ccccc31)c1ccccc12. The maximum atomic E-state index is 14.3. The molecule has 3 aliphatic carbocycles. The van der Waals surface area contributed by atoms with Gasteiger partial charge in [-0.1, -0.05) is 103 Å². The summed E-state index contributed by atoms with van der Waals surface area (Å²) < 4.78 is 0. The maximum absolute atomic E-state index is 14.3. The van der Waals surface area contributed by atoms with Crippen LogP contribution in [0.2, 0.25) is 0 Å². The summed E-state index contributed by atoms with van der Waals surface area (Å²) in [6, 6.07) is 35.2. The van der Waals surface area contributed by atoms with E-state index in [9.17, 15) is 4.79 Å². The number of carbonyl (C=O) groups excluding carboxylic acids is 1. The van der Waals surface area contributed by atoms with E-state index in [1.165, 1.54) is 16.7 Å². The van der Waals surface area contributed by atoms with Gasteiger partial charge in [-0.25, -0.2) is 0 Å². The van der Waals surface area contributed by atoms with E-state index in [4.69, 9.17) is 0 Å². The summed E-state index contributed by atoms with van der Waals surface area (Å²) in [5.41, 5.74) is 7.11. The zero-order chi connectivity index (χ0) is 18.7. The molecule has 7 rings (SSSR count). The number of hydrogen-bond donors (Lipinski definition) is 0. The second-order valence-corrected chi connectivity index (χ2v) is 7.64. The Morgan fingerprint density at radius 1 is 0.536 bits per heavy atom. The molecule has 4 aromatic carbocycles. The first-order chi connectivity index (χ1) is 13.8. The Hall–Kier alpha value is -3.45. The molecule has 0 radical (unpaired) electrons. The molecule has 0 fully saturated rings. The topological polar surface area (TPSA) is 17.1 Å². The molecule has 3 aliphatic rings. The van der Waals surface area contributed by atoms with Crippen LogP contribution in [0.4, 0.5) is 0 Å². The van der Waals surface area contributed by atoms with Gasteiger partial charge in [-0.2, -0.15) is 0 Å². The number of benzene rings is 4. The van der Waals surface area contributed by atoms with Crippen LogP contribution in [-0.4, -0.2) is 5.78 Å². The van der Waals surface area contributed by atoms with Crippen molar-refractivity contribution in [2.75, 3.05) is 0 Å². The number of hydrogen-bond acceptors (Lipinski definition) is 1. The van der Waals surface area contributed by atoms with Gasteiger partial charge in [0.05, 0.1) is 0 Å². The molecule has 0 spiro atoms. The highest BCUT2D eigenvalue weighted by Gasteiger charge is 2.55. The largest absolute Gasteiger partial charge is 0.292 e. The van der Waals surface area contributed by atoms with Crippen molar-refractivity contribution in [3.63, 3.8) is 0 Å². The van der Waals surface area contributed by atoms with E-state index in [2.05, 4.69) is 72.8 Å². The molecule has 0 unspecified atom stereocenters. The summed E-state index contributed by atoms with van der Waals surface area (Å²) >= 11 is 0. The fraction of sp³-hybridized carbons (Fsp3) is 0.0741. The first-order valence-corrected chi connectivity index (χ1v) is 9.71. The average Bonchev–Trinajstić information content (AvgIpc) is 2.79. The van der Waals surface area contributed by atoms with Gasteiger partial charge in [0, 0.05) is 11.5 Å². The molecule has 132 valence electrons. The van der Waals surface area contributed by atoms with E-state index in [1.54, 1.807) is 0 Å². The van der Waals surface area contributed by atoms with Gasteiger partial charge in [-0.3, -0.25) is 4.79 Å². The minimum Gasteiger partial charge on any atom is -0.292 e. The van der Waals surface area contributed by atoms with Crippen LogP contribution in [0.15, 0.2) is 103 Å². The molecule has 1 nitrogen and oxygen atoms in total. The van der Waals surface area contributed by atoms with Crippen LogP contribution in [-0.2, 0) is 5.41 Å². The van der Waals surface area contributed by atoms with Crippen molar-refractivity contribution in [1.29, 1.82) is 0 Å². The number of Topliss-reactive ketones (excluding diaryl/α,β-unsaturated/α-hetero) is 1. The van der Waals surface area contributed by atoms with E-state index in [1.807, 2.05) is 30.3 Å². The predicted octanol–water partition coefficient (Wildman–Crippen LogP) is 5.71. The van der Waals surface area contributed by atoms with E-state index in [0.717, 1.165) is 22.3 Å². The molecule has 0 atom stereocenters. The van der Waals surface area contributed by atoms with Gasteiger partial charge in [-0.15, -0.1) is 0 Å². The van der Waals surface area contributed by atoms with Gasteiger partial charge in [0.15, 0.2) is 5.78 Å². The lowest BCUT2D eigenvalue weighted by molar-refractivity contribution is 0.0929. The number of rotatable bonds is 2. The molecule has 0 amide bonds. The fourth-order valence-corrected chi connectivity index (χ4v) is 5.38. The molecule has 4 aromatic rings. The third kappa shape index (κ3) is 1.74. The van der Waals surface area contributed by atoms with Crippen molar-refractivity contribution in [2.45, 2.75) is 11.3 Å². The zero-order valence-corrected chi connectivity index (χ0v) is 15.3. The van der Waals surface area contributed by atoms with Crippen LogP contribution < -0.4 is 0 Å². The molecule has 28 heavy (non-hydrogen) atoms. The van der Waals surface area contributed by atoms with Crippen molar-refractivity contribution >= 4 is 5.78 Å². The minimum atomic E-state index is -0.792. The molecule has 0 aromatic heterocycles. The standard InChI is InChI=1S/C27H18O/c28-26(18-10-2-1-3-11-18)27-22-15-7-4-12-19(22)25(20-13-5-8-16-23(20)27)21-14-6-9-17-24(21)27/h1-17,25H. The van der Waals surface area contributed by atoms with E-state index in [-0.39, 0.29) is 11.7 Å². The predicted molar refractivity (Wildman–Crippen MR) is 111 cm³/mol. The Balaban J connectivity index is 1.80. The second-order valence-electron chi connectivity index (χ2n) is 7.64. The van der Waals surface area contributed by atoms with Crippen LogP contribution in [0.25, 0.3) is 0 Å². The number of carbonyl (C=O) groups is 1. The maximum Gasteiger partial charge on any atom is 0.182 e. The highest BCUT2D eigenvalue weighted by molar-refractivity contribution is 6.11. The zero-order valence-electron chi connectivity index (χ0n) is 15.3. The molecule has 1 heteroatoms.